The Morgan fingerprint density at radius 1 is 1.14 bits per heavy atom. The molecule has 2 aromatic heterocycles. The summed E-state index contributed by atoms with van der Waals surface area (Å²) in [6.07, 6.45) is 3.63. The molecule has 5 rings (SSSR count). The molecule has 0 spiro atoms. The maximum atomic E-state index is 12.8. The van der Waals surface area contributed by atoms with Gasteiger partial charge >= 0.3 is 6.09 Å². The third-order valence-corrected chi connectivity index (χ3v) is 7.94. The standard InChI is InChI=1S/C30H29ClN6O4S/c1-3-27(38)37-16-22(42-4-2)15-28(37)41-30(39)36-19-8-10-25-23(13-19)29(34-18-33-25)35-20-9-11-26(24(31)14-20)40-17-21-7-5-6-12-32-21/h3,5-14,18,22,28H,1,4,15-17H2,2H3,(H,36,39)(H,33,34,35)/t22-,28+/m1/s1. The van der Waals surface area contributed by atoms with E-state index in [4.69, 9.17) is 21.1 Å². The number of hydrogen-bond acceptors (Lipinski definition) is 9. The smallest absolute Gasteiger partial charge is 0.413 e. The molecule has 0 aliphatic carbocycles. The molecular weight excluding hydrogens is 576 g/mol. The minimum Gasteiger partial charge on any atom is -0.486 e. The van der Waals surface area contributed by atoms with Gasteiger partial charge < -0.3 is 19.7 Å². The fraction of sp³-hybridized carbons (Fsp3) is 0.233. The van der Waals surface area contributed by atoms with Crippen molar-refractivity contribution in [1.29, 1.82) is 0 Å². The Kier molecular flexibility index (Phi) is 9.40. The number of likely N-dealkylation sites (tertiary alicyclic amines) is 1. The van der Waals surface area contributed by atoms with Crippen LogP contribution in [0.1, 0.15) is 19.0 Å². The number of rotatable bonds is 10. The summed E-state index contributed by atoms with van der Waals surface area (Å²) < 4.78 is 11.5. The lowest BCUT2D eigenvalue weighted by atomic mass is 10.2. The molecule has 1 saturated heterocycles. The average molecular weight is 605 g/mol. The lowest BCUT2D eigenvalue weighted by Gasteiger charge is -2.23. The van der Waals surface area contributed by atoms with Crippen LogP contribution < -0.4 is 15.4 Å². The average Bonchev–Trinajstić information content (AvgIpc) is 3.39. The zero-order valence-corrected chi connectivity index (χ0v) is 24.4. The van der Waals surface area contributed by atoms with Crippen LogP contribution in [0.3, 0.4) is 0 Å². The number of amides is 2. The van der Waals surface area contributed by atoms with E-state index >= 15 is 0 Å². The summed E-state index contributed by atoms with van der Waals surface area (Å²) in [5, 5.41) is 7.32. The van der Waals surface area contributed by atoms with Gasteiger partial charge in [0.05, 0.1) is 16.2 Å². The van der Waals surface area contributed by atoms with E-state index in [9.17, 15) is 9.59 Å². The van der Waals surface area contributed by atoms with E-state index in [1.807, 2.05) is 24.3 Å². The van der Waals surface area contributed by atoms with Gasteiger partial charge in [-0.25, -0.2) is 14.8 Å². The van der Waals surface area contributed by atoms with Crippen molar-refractivity contribution in [2.75, 3.05) is 22.9 Å². The van der Waals surface area contributed by atoms with Gasteiger partial charge in [0.25, 0.3) is 0 Å². The van der Waals surface area contributed by atoms with Crippen molar-refractivity contribution in [2.24, 2.45) is 0 Å². The molecule has 3 heterocycles. The Labute approximate surface area is 252 Å². The molecule has 2 atom stereocenters. The number of benzene rings is 2. The van der Waals surface area contributed by atoms with Crippen LogP contribution in [0.15, 0.2) is 79.8 Å². The lowest BCUT2D eigenvalue weighted by molar-refractivity contribution is -0.132. The Balaban J connectivity index is 1.27. The highest BCUT2D eigenvalue weighted by molar-refractivity contribution is 7.99. The third kappa shape index (κ3) is 7.10. The SMILES string of the molecule is C=CC(=O)N1C[C@H](SCC)C[C@@H]1OC(=O)Nc1ccc2ncnc(Nc3ccc(OCc4ccccn4)c(Cl)c3)c2c1. The molecule has 1 fully saturated rings. The van der Waals surface area contributed by atoms with Gasteiger partial charge in [-0.15, -0.1) is 0 Å². The van der Waals surface area contributed by atoms with Gasteiger partial charge in [-0.3, -0.25) is 15.1 Å². The normalized spacial score (nSPS) is 16.2. The first-order valence-electron chi connectivity index (χ1n) is 13.3. The quantitative estimate of drug-likeness (QED) is 0.198. The number of carbonyl (C=O) groups excluding carboxylic acids is 2. The molecule has 0 radical (unpaired) electrons. The zero-order valence-electron chi connectivity index (χ0n) is 22.8. The largest absolute Gasteiger partial charge is 0.486 e. The van der Waals surface area contributed by atoms with Crippen LogP contribution in [0.25, 0.3) is 10.9 Å². The number of nitrogens with one attached hydrogen (secondary N) is 2. The Morgan fingerprint density at radius 3 is 2.76 bits per heavy atom. The maximum Gasteiger partial charge on any atom is 0.413 e. The number of fused-ring (bicyclic) bond motifs is 1. The van der Waals surface area contributed by atoms with Crippen molar-refractivity contribution in [3.05, 3.63) is 90.5 Å². The lowest BCUT2D eigenvalue weighted by Crippen LogP contribution is -2.38. The molecule has 0 saturated carbocycles. The van der Waals surface area contributed by atoms with Crippen LogP contribution in [0, 0.1) is 0 Å². The Hall–Kier alpha value is -4.35. The first-order chi connectivity index (χ1) is 20.4. The minimum absolute atomic E-state index is 0.193. The van der Waals surface area contributed by atoms with Crippen molar-refractivity contribution in [2.45, 2.75) is 31.4 Å². The van der Waals surface area contributed by atoms with E-state index in [0.29, 0.717) is 58.4 Å². The minimum atomic E-state index is -0.666. The van der Waals surface area contributed by atoms with Crippen molar-refractivity contribution in [3.63, 3.8) is 0 Å². The summed E-state index contributed by atoms with van der Waals surface area (Å²) >= 11 is 8.22. The number of aromatic nitrogens is 3. The highest BCUT2D eigenvalue weighted by Crippen LogP contribution is 2.32. The number of anilines is 3. The second-order valence-corrected chi connectivity index (χ2v) is 11.3. The molecule has 12 heteroatoms. The van der Waals surface area contributed by atoms with E-state index in [1.54, 1.807) is 48.3 Å². The molecule has 10 nitrogen and oxygen atoms in total. The highest BCUT2D eigenvalue weighted by Gasteiger charge is 2.37. The van der Waals surface area contributed by atoms with Gasteiger partial charge in [0.1, 0.15) is 24.5 Å². The van der Waals surface area contributed by atoms with Gasteiger partial charge in [0, 0.05) is 41.2 Å². The van der Waals surface area contributed by atoms with E-state index in [-0.39, 0.29) is 11.2 Å². The van der Waals surface area contributed by atoms with Crippen molar-refractivity contribution >= 4 is 63.5 Å². The van der Waals surface area contributed by atoms with Gasteiger partial charge in [-0.1, -0.05) is 31.2 Å². The number of pyridine rings is 1. The fourth-order valence-electron chi connectivity index (χ4n) is 4.55. The molecule has 4 aromatic rings. The summed E-state index contributed by atoms with van der Waals surface area (Å²) in [5.41, 5.74) is 2.64. The predicted molar refractivity (Wildman–Crippen MR) is 165 cm³/mol. The second kappa shape index (κ2) is 13.5. The molecule has 0 unspecified atom stereocenters. The van der Waals surface area contributed by atoms with E-state index in [1.165, 1.54) is 17.3 Å². The van der Waals surface area contributed by atoms with Crippen LogP contribution in [0.2, 0.25) is 5.02 Å². The van der Waals surface area contributed by atoms with Gasteiger partial charge in [0.15, 0.2) is 6.23 Å². The number of halogens is 1. The number of ether oxygens (including phenoxy) is 2. The van der Waals surface area contributed by atoms with Crippen LogP contribution in [-0.4, -0.2) is 55.6 Å². The summed E-state index contributed by atoms with van der Waals surface area (Å²) in [4.78, 5) is 39.7. The molecule has 2 aromatic carbocycles. The van der Waals surface area contributed by atoms with Crippen molar-refractivity contribution in [3.8, 4) is 5.75 Å². The van der Waals surface area contributed by atoms with Crippen LogP contribution in [-0.2, 0) is 16.1 Å². The number of thioether (sulfide) groups is 1. The van der Waals surface area contributed by atoms with Crippen LogP contribution >= 0.6 is 23.4 Å². The zero-order chi connectivity index (χ0) is 29.5. The number of nitrogens with zero attached hydrogens (tertiary/aromatic N) is 4. The van der Waals surface area contributed by atoms with Gasteiger partial charge in [0.2, 0.25) is 5.91 Å². The van der Waals surface area contributed by atoms with Crippen LogP contribution in [0.4, 0.5) is 22.0 Å². The maximum absolute atomic E-state index is 12.8. The third-order valence-electron chi connectivity index (χ3n) is 6.49. The molecular formula is C30H29ClN6O4S. The van der Waals surface area contributed by atoms with E-state index in [2.05, 4.69) is 39.1 Å². The molecule has 1 aliphatic heterocycles. The van der Waals surface area contributed by atoms with Crippen LogP contribution in [0.5, 0.6) is 5.75 Å². The van der Waals surface area contributed by atoms with Gasteiger partial charge in [-0.2, -0.15) is 11.8 Å². The molecule has 0 bridgehead atoms. The molecule has 2 N–H and O–H groups in total. The number of carbonyl (C=O) groups is 2. The van der Waals surface area contributed by atoms with E-state index < -0.39 is 12.3 Å². The summed E-state index contributed by atoms with van der Waals surface area (Å²) in [6, 6.07) is 16.2. The summed E-state index contributed by atoms with van der Waals surface area (Å²) in [6.45, 7) is 6.42. The molecule has 1 aliphatic rings. The molecule has 216 valence electrons. The molecule has 2 amide bonds. The first kappa shape index (κ1) is 29.2. The highest BCUT2D eigenvalue weighted by atomic mass is 35.5. The second-order valence-electron chi connectivity index (χ2n) is 9.33. The van der Waals surface area contributed by atoms with E-state index in [0.717, 1.165) is 11.4 Å². The molecule has 42 heavy (non-hydrogen) atoms. The topological polar surface area (TPSA) is 119 Å². The number of hydrogen-bond donors (Lipinski definition) is 2. The van der Waals surface area contributed by atoms with Gasteiger partial charge in [-0.05, 0) is 60.4 Å². The summed E-state index contributed by atoms with van der Waals surface area (Å²) in [5.74, 6) is 1.69. The first-order valence-corrected chi connectivity index (χ1v) is 14.7. The summed E-state index contributed by atoms with van der Waals surface area (Å²) in [7, 11) is 0. The Morgan fingerprint density at radius 2 is 2.00 bits per heavy atom. The van der Waals surface area contributed by atoms with Crippen molar-refractivity contribution in [1.82, 2.24) is 19.9 Å². The van der Waals surface area contributed by atoms with Crippen molar-refractivity contribution < 1.29 is 19.1 Å². The predicted octanol–water partition coefficient (Wildman–Crippen LogP) is 6.42. The monoisotopic (exact) mass is 604 g/mol. The fourth-order valence-corrected chi connectivity index (χ4v) is 5.83. The Bertz CT molecular complexity index is 1590.